The summed E-state index contributed by atoms with van der Waals surface area (Å²) in [7, 11) is 0. The maximum absolute atomic E-state index is 10.5. The van der Waals surface area contributed by atoms with E-state index >= 15 is 0 Å². The zero-order chi connectivity index (χ0) is 13.1. The van der Waals surface area contributed by atoms with E-state index in [1.807, 2.05) is 13.8 Å². The van der Waals surface area contributed by atoms with Crippen LogP contribution in [0.1, 0.15) is 38.5 Å². The Bertz CT molecular complexity index is 542. The maximum Gasteiger partial charge on any atom is 0.433 e. The summed E-state index contributed by atoms with van der Waals surface area (Å²) < 4.78 is 10.5. The molecule has 0 aromatic carbocycles. The van der Waals surface area contributed by atoms with Gasteiger partial charge in [-0.25, -0.2) is 0 Å². The summed E-state index contributed by atoms with van der Waals surface area (Å²) in [6, 6.07) is 2.71. The van der Waals surface area contributed by atoms with E-state index in [2.05, 4.69) is 10.2 Å². The van der Waals surface area contributed by atoms with E-state index in [9.17, 15) is 10.1 Å². The molecule has 2 rings (SSSR count). The third-order valence-electron chi connectivity index (χ3n) is 2.76. The summed E-state index contributed by atoms with van der Waals surface area (Å²) >= 11 is 0. The second-order valence-electron chi connectivity index (χ2n) is 3.85. The van der Waals surface area contributed by atoms with Crippen molar-refractivity contribution in [1.82, 2.24) is 10.2 Å². The zero-order valence-electron chi connectivity index (χ0n) is 10.1. The smallest absolute Gasteiger partial charge is 0.418 e. The number of rotatable bonds is 5. The Hall–Kier alpha value is -2.18. The molecule has 0 radical (unpaired) electrons. The Morgan fingerprint density at radius 2 is 2.00 bits per heavy atom. The molecule has 0 N–H and O–H groups in total. The highest BCUT2D eigenvalue weighted by atomic mass is 16.6. The first kappa shape index (κ1) is 12.3. The first-order valence-corrected chi connectivity index (χ1v) is 5.73. The van der Waals surface area contributed by atoms with E-state index in [1.54, 1.807) is 0 Å². The van der Waals surface area contributed by atoms with Crippen molar-refractivity contribution < 1.29 is 13.8 Å². The lowest BCUT2D eigenvalue weighted by atomic mass is 10.0. The van der Waals surface area contributed by atoms with Gasteiger partial charge in [0.05, 0.1) is 6.07 Å². The summed E-state index contributed by atoms with van der Waals surface area (Å²) in [5, 5.41) is 18.3. The number of hydrogen-bond donors (Lipinski definition) is 0. The van der Waals surface area contributed by atoms with E-state index in [1.165, 1.54) is 12.1 Å². The molecule has 2 aromatic rings. The van der Waals surface area contributed by atoms with Crippen LogP contribution < -0.4 is 0 Å². The second kappa shape index (κ2) is 4.99. The van der Waals surface area contributed by atoms with Crippen LogP contribution in [-0.2, 0) is 0 Å². The first-order valence-electron chi connectivity index (χ1n) is 5.73. The highest BCUT2D eigenvalue weighted by Gasteiger charge is 2.20. The number of hydrogen-bond acceptors (Lipinski definition) is 6. The van der Waals surface area contributed by atoms with Gasteiger partial charge in [0.2, 0.25) is 5.89 Å². The lowest BCUT2D eigenvalue weighted by Crippen LogP contribution is -1.95. The van der Waals surface area contributed by atoms with Crippen molar-refractivity contribution in [2.24, 2.45) is 0 Å². The average molecular weight is 251 g/mol. The molecule has 7 heteroatoms. The molecule has 96 valence electrons. The van der Waals surface area contributed by atoms with E-state index < -0.39 is 4.92 Å². The van der Waals surface area contributed by atoms with Crippen molar-refractivity contribution in [3.63, 3.8) is 0 Å². The lowest BCUT2D eigenvalue weighted by Gasteiger charge is -2.04. The normalized spacial score (nSPS) is 11.1. The molecule has 0 saturated heterocycles. The molecule has 0 unspecified atom stereocenters. The monoisotopic (exact) mass is 251 g/mol. The molecule has 0 aliphatic rings. The van der Waals surface area contributed by atoms with Crippen molar-refractivity contribution in [2.75, 3.05) is 0 Å². The molecular formula is C11H13N3O4. The zero-order valence-corrected chi connectivity index (χ0v) is 10.1. The fourth-order valence-electron chi connectivity index (χ4n) is 1.68. The standard InChI is InChI=1S/C11H13N3O4/c1-3-7(4-2)10-12-13-11(18-10)8-5-6-9(17-8)14(15)16/h5-7H,3-4H2,1-2H3. The molecule has 0 fully saturated rings. The summed E-state index contributed by atoms with van der Waals surface area (Å²) in [4.78, 5) is 9.89. The van der Waals surface area contributed by atoms with Gasteiger partial charge >= 0.3 is 5.88 Å². The van der Waals surface area contributed by atoms with Gasteiger partial charge in [0.1, 0.15) is 4.92 Å². The van der Waals surface area contributed by atoms with Gasteiger partial charge in [0, 0.05) is 5.92 Å². The minimum atomic E-state index is -0.609. The van der Waals surface area contributed by atoms with Gasteiger partial charge in [-0.3, -0.25) is 10.1 Å². The predicted octanol–water partition coefficient (Wildman–Crippen LogP) is 3.14. The minimum Gasteiger partial charge on any atom is -0.418 e. The third kappa shape index (κ3) is 2.24. The topological polar surface area (TPSA) is 95.2 Å². The van der Waals surface area contributed by atoms with Crippen molar-refractivity contribution in [3.05, 3.63) is 28.1 Å². The van der Waals surface area contributed by atoms with Crippen LogP contribution in [0.25, 0.3) is 11.7 Å². The lowest BCUT2D eigenvalue weighted by molar-refractivity contribution is -0.401. The molecular weight excluding hydrogens is 238 g/mol. The maximum atomic E-state index is 10.5. The fraction of sp³-hybridized carbons (Fsp3) is 0.455. The van der Waals surface area contributed by atoms with Gasteiger partial charge < -0.3 is 8.83 Å². The van der Waals surface area contributed by atoms with Gasteiger partial charge in [0.25, 0.3) is 5.89 Å². The van der Waals surface area contributed by atoms with Crippen molar-refractivity contribution in [1.29, 1.82) is 0 Å². The van der Waals surface area contributed by atoms with Crippen LogP contribution in [0.3, 0.4) is 0 Å². The van der Waals surface area contributed by atoms with Crippen molar-refractivity contribution in [3.8, 4) is 11.7 Å². The largest absolute Gasteiger partial charge is 0.433 e. The van der Waals surface area contributed by atoms with E-state index in [0.717, 1.165) is 12.8 Å². The van der Waals surface area contributed by atoms with Gasteiger partial charge in [0.15, 0.2) is 5.76 Å². The SMILES string of the molecule is CCC(CC)c1nnc(-c2ccc([N+](=O)[O-])o2)o1. The number of aromatic nitrogens is 2. The molecule has 2 heterocycles. The fourth-order valence-corrected chi connectivity index (χ4v) is 1.68. The van der Waals surface area contributed by atoms with Crippen LogP contribution in [0.15, 0.2) is 21.0 Å². The van der Waals surface area contributed by atoms with Gasteiger partial charge in [-0.15, -0.1) is 10.2 Å². The molecule has 0 amide bonds. The number of nitrogens with zero attached hydrogens (tertiary/aromatic N) is 3. The highest BCUT2D eigenvalue weighted by molar-refractivity contribution is 5.46. The Morgan fingerprint density at radius 1 is 1.28 bits per heavy atom. The Balaban J connectivity index is 2.26. The summed E-state index contributed by atoms with van der Waals surface area (Å²) in [5.74, 6) is 0.786. The molecule has 0 spiro atoms. The third-order valence-corrected chi connectivity index (χ3v) is 2.76. The van der Waals surface area contributed by atoms with Crippen molar-refractivity contribution in [2.45, 2.75) is 32.6 Å². The van der Waals surface area contributed by atoms with Gasteiger partial charge in [-0.05, 0) is 18.9 Å². The Morgan fingerprint density at radius 3 is 2.56 bits per heavy atom. The highest BCUT2D eigenvalue weighted by Crippen LogP contribution is 2.28. The van der Waals surface area contributed by atoms with Gasteiger partial charge in [-0.2, -0.15) is 0 Å². The minimum absolute atomic E-state index is 0.171. The van der Waals surface area contributed by atoms with Crippen molar-refractivity contribution >= 4 is 5.88 Å². The summed E-state index contributed by atoms with van der Waals surface area (Å²) in [6.45, 7) is 4.07. The second-order valence-corrected chi connectivity index (χ2v) is 3.85. The number of furan rings is 1. The van der Waals surface area contributed by atoms with E-state index in [0.29, 0.717) is 5.89 Å². The first-order chi connectivity index (χ1) is 8.65. The quantitative estimate of drug-likeness (QED) is 0.598. The number of nitro groups is 1. The Kier molecular flexibility index (Phi) is 3.40. The molecule has 2 aromatic heterocycles. The van der Waals surface area contributed by atoms with Crippen LogP contribution in [0.2, 0.25) is 0 Å². The van der Waals surface area contributed by atoms with Gasteiger partial charge in [-0.1, -0.05) is 13.8 Å². The van der Waals surface area contributed by atoms with Crippen LogP contribution in [0.5, 0.6) is 0 Å². The molecule has 0 bridgehead atoms. The molecule has 0 saturated carbocycles. The van der Waals surface area contributed by atoms with Crippen LogP contribution >= 0.6 is 0 Å². The van der Waals surface area contributed by atoms with Crippen LogP contribution in [0, 0.1) is 10.1 Å². The Labute approximate surface area is 103 Å². The molecule has 0 aliphatic carbocycles. The molecule has 0 atom stereocenters. The molecule has 7 nitrogen and oxygen atoms in total. The van der Waals surface area contributed by atoms with Crippen LogP contribution in [-0.4, -0.2) is 15.1 Å². The molecule has 0 aliphatic heterocycles. The summed E-state index contributed by atoms with van der Waals surface area (Å²) in [5.41, 5.74) is 0. The molecule has 18 heavy (non-hydrogen) atoms. The summed E-state index contributed by atoms with van der Waals surface area (Å²) in [6.07, 6.45) is 1.80. The van der Waals surface area contributed by atoms with E-state index in [4.69, 9.17) is 8.83 Å². The van der Waals surface area contributed by atoms with E-state index in [-0.39, 0.29) is 23.5 Å². The average Bonchev–Trinajstić information content (AvgIpc) is 2.98. The van der Waals surface area contributed by atoms with Crippen LogP contribution in [0.4, 0.5) is 5.88 Å². The predicted molar refractivity (Wildman–Crippen MR) is 62.0 cm³/mol.